The highest BCUT2D eigenvalue weighted by Crippen LogP contribution is 2.35. The van der Waals surface area contributed by atoms with Gasteiger partial charge in [0.25, 0.3) is 0 Å². The van der Waals surface area contributed by atoms with Crippen LogP contribution in [-0.4, -0.2) is 29.3 Å². The highest BCUT2D eigenvalue weighted by molar-refractivity contribution is 5.88. The van der Waals surface area contributed by atoms with Crippen LogP contribution in [0, 0.1) is 0 Å². The Balaban J connectivity index is 1.82. The van der Waals surface area contributed by atoms with E-state index in [0.717, 1.165) is 6.07 Å². The molecule has 1 N–H and O–H groups in total. The average Bonchev–Trinajstić information content (AvgIpc) is 2.52. The van der Waals surface area contributed by atoms with Crippen molar-refractivity contribution in [2.24, 2.45) is 0 Å². The summed E-state index contributed by atoms with van der Waals surface area (Å²) in [4.78, 5) is 25.3. The molecule has 1 atom stereocenters. The fourth-order valence-corrected chi connectivity index (χ4v) is 3.25. The molecule has 2 heterocycles. The third-order valence-corrected chi connectivity index (χ3v) is 4.42. The van der Waals surface area contributed by atoms with E-state index in [2.05, 4.69) is 5.32 Å². The Morgan fingerprint density at radius 1 is 1.26 bits per heavy atom. The van der Waals surface area contributed by atoms with Crippen molar-refractivity contribution in [1.82, 2.24) is 10.2 Å². The van der Waals surface area contributed by atoms with Crippen molar-refractivity contribution < 1.29 is 22.8 Å². The van der Waals surface area contributed by atoms with Crippen molar-refractivity contribution in [2.75, 3.05) is 6.54 Å². The predicted octanol–water partition coefficient (Wildman–Crippen LogP) is 2.26. The molecule has 0 radical (unpaired) electrons. The van der Waals surface area contributed by atoms with Gasteiger partial charge in [0.1, 0.15) is 6.04 Å². The second-order valence-corrected chi connectivity index (χ2v) is 5.96. The minimum Gasteiger partial charge on any atom is -0.344 e. The summed E-state index contributed by atoms with van der Waals surface area (Å²) in [6, 6.07) is 3.51. The summed E-state index contributed by atoms with van der Waals surface area (Å²) >= 11 is 0. The van der Waals surface area contributed by atoms with E-state index in [1.165, 1.54) is 11.0 Å². The van der Waals surface area contributed by atoms with Gasteiger partial charge < -0.3 is 10.2 Å². The summed E-state index contributed by atoms with van der Waals surface area (Å²) in [5, 5.41) is 2.63. The maximum atomic E-state index is 13.1. The van der Waals surface area contributed by atoms with Crippen LogP contribution in [0.4, 0.5) is 13.2 Å². The number of hydrogen-bond donors (Lipinski definition) is 1. The summed E-state index contributed by atoms with van der Waals surface area (Å²) in [5.41, 5.74) is 0.124. The van der Waals surface area contributed by atoms with E-state index < -0.39 is 17.8 Å². The molecule has 2 aliphatic rings. The molecular weight excluding hydrogens is 309 g/mol. The number of piperidine rings is 1. The number of alkyl halides is 3. The SMILES string of the molecule is O=C1CCC[C@H](C(=O)N2CCc3cccc(C(F)(F)F)c3C2)N1. The molecule has 3 rings (SSSR count). The largest absolute Gasteiger partial charge is 0.416 e. The molecule has 0 spiro atoms. The Morgan fingerprint density at radius 3 is 2.74 bits per heavy atom. The Kier molecular flexibility index (Phi) is 4.04. The summed E-state index contributed by atoms with van der Waals surface area (Å²) in [5.74, 6) is -0.469. The van der Waals surface area contributed by atoms with Crippen LogP contribution >= 0.6 is 0 Å². The van der Waals surface area contributed by atoms with E-state index in [1.54, 1.807) is 6.07 Å². The molecule has 4 nitrogen and oxygen atoms in total. The van der Waals surface area contributed by atoms with Gasteiger partial charge in [-0.15, -0.1) is 0 Å². The van der Waals surface area contributed by atoms with Gasteiger partial charge in [-0.2, -0.15) is 13.2 Å². The van der Waals surface area contributed by atoms with E-state index in [9.17, 15) is 22.8 Å². The molecule has 2 aliphatic heterocycles. The van der Waals surface area contributed by atoms with E-state index in [1.807, 2.05) is 0 Å². The van der Waals surface area contributed by atoms with E-state index in [4.69, 9.17) is 0 Å². The number of benzene rings is 1. The molecule has 1 fully saturated rings. The third kappa shape index (κ3) is 3.18. The molecule has 0 bridgehead atoms. The first-order valence-electron chi connectivity index (χ1n) is 7.62. The van der Waals surface area contributed by atoms with Gasteiger partial charge in [0.05, 0.1) is 5.56 Å². The average molecular weight is 326 g/mol. The van der Waals surface area contributed by atoms with Crippen LogP contribution in [0.3, 0.4) is 0 Å². The first kappa shape index (κ1) is 15.8. The zero-order valence-electron chi connectivity index (χ0n) is 12.4. The lowest BCUT2D eigenvalue weighted by Gasteiger charge is -2.34. The molecule has 2 amide bonds. The smallest absolute Gasteiger partial charge is 0.344 e. The third-order valence-electron chi connectivity index (χ3n) is 4.42. The molecule has 1 aromatic rings. The number of hydrogen-bond acceptors (Lipinski definition) is 2. The van der Waals surface area contributed by atoms with Crippen LogP contribution in [0.15, 0.2) is 18.2 Å². The molecule has 1 saturated heterocycles. The number of halogens is 3. The molecule has 0 aromatic heterocycles. The first-order valence-corrected chi connectivity index (χ1v) is 7.62. The molecule has 124 valence electrons. The van der Waals surface area contributed by atoms with Crippen molar-refractivity contribution in [3.63, 3.8) is 0 Å². The van der Waals surface area contributed by atoms with Gasteiger partial charge in [-0.25, -0.2) is 0 Å². The Hall–Kier alpha value is -2.05. The van der Waals surface area contributed by atoms with Gasteiger partial charge in [-0.3, -0.25) is 9.59 Å². The Morgan fingerprint density at radius 2 is 2.04 bits per heavy atom. The minimum atomic E-state index is -4.43. The van der Waals surface area contributed by atoms with Crippen LogP contribution in [-0.2, 0) is 28.7 Å². The fraction of sp³-hybridized carbons (Fsp3) is 0.500. The number of rotatable bonds is 1. The van der Waals surface area contributed by atoms with Crippen LogP contribution in [0.5, 0.6) is 0 Å². The normalized spacial score (nSPS) is 21.6. The molecular formula is C16H17F3N2O2. The maximum absolute atomic E-state index is 13.1. The van der Waals surface area contributed by atoms with Crippen molar-refractivity contribution in [3.05, 3.63) is 34.9 Å². The number of carbonyl (C=O) groups excluding carboxylic acids is 2. The molecule has 23 heavy (non-hydrogen) atoms. The lowest BCUT2D eigenvalue weighted by Crippen LogP contribution is -2.51. The van der Waals surface area contributed by atoms with Gasteiger partial charge >= 0.3 is 6.18 Å². The molecule has 1 aromatic carbocycles. The monoisotopic (exact) mass is 326 g/mol. The summed E-state index contributed by atoms with van der Waals surface area (Å²) < 4.78 is 39.4. The zero-order valence-corrected chi connectivity index (χ0v) is 12.4. The number of carbonyl (C=O) groups is 2. The van der Waals surface area contributed by atoms with Gasteiger partial charge in [0, 0.05) is 19.5 Å². The van der Waals surface area contributed by atoms with Gasteiger partial charge in [0.15, 0.2) is 0 Å². The second-order valence-electron chi connectivity index (χ2n) is 5.96. The number of nitrogens with one attached hydrogen (secondary N) is 1. The van der Waals surface area contributed by atoms with Crippen LogP contribution in [0.1, 0.15) is 36.0 Å². The lowest BCUT2D eigenvalue weighted by atomic mass is 9.93. The first-order chi connectivity index (χ1) is 10.9. The molecule has 7 heteroatoms. The zero-order chi connectivity index (χ0) is 16.6. The number of fused-ring (bicyclic) bond motifs is 1. The van der Waals surface area contributed by atoms with Crippen molar-refractivity contribution in [1.29, 1.82) is 0 Å². The highest BCUT2D eigenvalue weighted by atomic mass is 19.4. The Labute approximate surface area is 131 Å². The fourth-order valence-electron chi connectivity index (χ4n) is 3.25. The summed E-state index contributed by atoms with van der Waals surface area (Å²) in [6.45, 7) is 0.315. The van der Waals surface area contributed by atoms with Crippen LogP contribution < -0.4 is 5.32 Å². The van der Waals surface area contributed by atoms with Crippen molar-refractivity contribution >= 4 is 11.8 Å². The standard InChI is InChI=1S/C16H17F3N2O2/c17-16(18,19)12-4-1-3-10-7-8-21(9-11(10)12)15(23)13-5-2-6-14(22)20-13/h1,3-4,13H,2,5-9H2,(H,20,22)/t13-/m1/s1. The van der Waals surface area contributed by atoms with E-state index in [0.29, 0.717) is 37.8 Å². The molecule has 0 unspecified atom stereocenters. The Bertz CT molecular complexity index is 643. The summed E-state index contributed by atoms with van der Waals surface area (Å²) in [7, 11) is 0. The van der Waals surface area contributed by atoms with Gasteiger partial charge in [-0.05, 0) is 36.5 Å². The van der Waals surface area contributed by atoms with Gasteiger partial charge in [-0.1, -0.05) is 12.1 Å². The van der Waals surface area contributed by atoms with Crippen LogP contribution in [0.2, 0.25) is 0 Å². The highest BCUT2D eigenvalue weighted by Gasteiger charge is 2.37. The number of amides is 2. The van der Waals surface area contributed by atoms with Crippen molar-refractivity contribution in [3.8, 4) is 0 Å². The topological polar surface area (TPSA) is 49.4 Å². The second kappa shape index (κ2) is 5.86. The quantitative estimate of drug-likeness (QED) is 0.861. The van der Waals surface area contributed by atoms with Crippen LogP contribution in [0.25, 0.3) is 0 Å². The molecule has 0 saturated carbocycles. The molecule has 0 aliphatic carbocycles. The van der Waals surface area contributed by atoms with Gasteiger partial charge in [0.2, 0.25) is 11.8 Å². The minimum absolute atomic E-state index is 0.0593. The van der Waals surface area contributed by atoms with E-state index in [-0.39, 0.29) is 23.9 Å². The predicted molar refractivity (Wildman–Crippen MR) is 76.3 cm³/mol. The summed E-state index contributed by atoms with van der Waals surface area (Å²) in [6.07, 6.45) is -2.48. The van der Waals surface area contributed by atoms with Crippen molar-refractivity contribution in [2.45, 2.75) is 44.4 Å². The lowest BCUT2D eigenvalue weighted by molar-refractivity contribution is -0.142. The van der Waals surface area contributed by atoms with E-state index >= 15 is 0 Å². The number of nitrogens with zero attached hydrogens (tertiary/aromatic N) is 1. The maximum Gasteiger partial charge on any atom is 0.416 e.